The molecule has 0 aromatic heterocycles. The van der Waals surface area contributed by atoms with Gasteiger partial charge in [0.1, 0.15) is 5.75 Å². The average molecular weight is 317 g/mol. The number of nitrogens with zero attached hydrogens (tertiary/aromatic N) is 1. The van der Waals surface area contributed by atoms with E-state index in [1.807, 2.05) is 36.4 Å². The molecule has 0 aliphatic rings. The first kappa shape index (κ1) is 13.4. The van der Waals surface area contributed by atoms with Crippen LogP contribution in [0.1, 0.15) is 11.1 Å². The third kappa shape index (κ3) is 3.49. The summed E-state index contributed by atoms with van der Waals surface area (Å²) in [5.74, 6) is 0.779. The number of halogens is 1. The highest BCUT2D eigenvalue weighted by Crippen LogP contribution is 2.22. The molecule has 4 heteroatoms. The quantitative estimate of drug-likeness (QED) is 0.929. The molecule has 96 valence electrons. The summed E-state index contributed by atoms with van der Waals surface area (Å²) < 4.78 is 6.32. The van der Waals surface area contributed by atoms with Crippen molar-refractivity contribution in [3.8, 4) is 11.8 Å². The lowest BCUT2D eigenvalue weighted by atomic mass is 10.1. The van der Waals surface area contributed by atoms with Gasteiger partial charge in [-0.3, -0.25) is 0 Å². The van der Waals surface area contributed by atoms with Crippen LogP contribution < -0.4 is 10.1 Å². The van der Waals surface area contributed by atoms with Crippen molar-refractivity contribution in [2.45, 2.75) is 6.54 Å². The lowest BCUT2D eigenvalue weighted by Crippen LogP contribution is -2.02. The first-order valence-electron chi connectivity index (χ1n) is 5.79. The Bertz CT molecular complexity index is 620. The Morgan fingerprint density at radius 2 is 2.11 bits per heavy atom. The zero-order valence-corrected chi connectivity index (χ0v) is 12.1. The van der Waals surface area contributed by atoms with E-state index in [-0.39, 0.29) is 0 Å². The van der Waals surface area contributed by atoms with Gasteiger partial charge in [-0.05, 0) is 36.4 Å². The topological polar surface area (TPSA) is 45.0 Å². The van der Waals surface area contributed by atoms with Crippen molar-refractivity contribution >= 4 is 21.6 Å². The van der Waals surface area contributed by atoms with Gasteiger partial charge < -0.3 is 10.1 Å². The van der Waals surface area contributed by atoms with E-state index in [4.69, 9.17) is 10.00 Å². The minimum Gasteiger partial charge on any atom is -0.496 e. The molecule has 2 rings (SSSR count). The van der Waals surface area contributed by atoms with E-state index in [1.54, 1.807) is 13.2 Å². The van der Waals surface area contributed by atoms with Crippen LogP contribution >= 0.6 is 15.9 Å². The Kier molecular flexibility index (Phi) is 4.43. The molecule has 2 aromatic carbocycles. The molecule has 0 atom stereocenters. The highest BCUT2D eigenvalue weighted by atomic mass is 79.9. The summed E-state index contributed by atoms with van der Waals surface area (Å²) in [6.45, 7) is 0.606. The van der Waals surface area contributed by atoms with Crippen LogP contribution in [0.4, 0.5) is 5.69 Å². The van der Waals surface area contributed by atoms with Gasteiger partial charge in [0.2, 0.25) is 0 Å². The van der Waals surface area contributed by atoms with Crippen LogP contribution in [-0.2, 0) is 6.54 Å². The predicted octanol–water partition coefficient (Wildman–Crippen LogP) is 3.94. The van der Waals surface area contributed by atoms with Crippen LogP contribution in [0, 0.1) is 11.3 Å². The Balaban J connectivity index is 2.16. The molecule has 19 heavy (non-hydrogen) atoms. The second kappa shape index (κ2) is 6.26. The summed E-state index contributed by atoms with van der Waals surface area (Å²) in [4.78, 5) is 0. The van der Waals surface area contributed by atoms with Gasteiger partial charge in [-0.25, -0.2) is 0 Å². The molecule has 0 fully saturated rings. The monoisotopic (exact) mass is 316 g/mol. The first-order valence-corrected chi connectivity index (χ1v) is 6.58. The molecule has 0 saturated carbocycles. The second-order valence-electron chi connectivity index (χ2n) is 4.00. The van der Waals surface area contributed by atoms with Crippen molar-refractivity contribution in [3.05, 3.63) is 58.1 Å². The Hall–Kier alpha value is -1.99. The summed E-state index contributed by atoms with van der Waals surface area (Å²) in [7, 11) is 1.63. The molecule has 3 nitrogen and oxygen atoms in total. The number of hydrogen-bond donors (Lipinski definition) is 1. The number of benzene rings is 2. The van der Waals surface area contributed by atoms with Crippen LogP contribution in [-0.4, -0.2) is 7.11 Å². The number of methoxy groups -OCH3 is 1. The van der Waals surface area contributed by atoms with E-state index in [0.29, 0.717) is 12.1 Å². The van der Waals surface area contributed by atoms with E-state index in [2.05, 4.69) is 27.3 Å². The molecule has 2 aromatic rings. The summed E-state index contributed by atoms with van der Waals surface area (Å²) in [5.41, 5.74) is 2.60. The van der Waals surface area contributed by atoms with Crippen molar-refractivity contribution in [1.29, 1.82) is 5.26 Å². The zero-order valence-electron chi connectivity index (χ0n) is 10.5. The minimum atomic E-state index is 0.606. The molecule has 0 aliphatic heterocycles. The zero-order chi connectivity index (χ0) is 13.7. The number of ether oxygens (including phenoxy) is 1. The van der Waals surface area contributed by atoms with Gasteiger partial charge in [0.05, 0.1) is 18.7 Å². The second-order valence-corrected chi connectivity index (χ2v) is 4.92. The molecular weight excluding hydrogens is 304 g/mol. The minimum absolute atomic E-state index is 0.606. The van der Waals surface area contributed by atoms with Crippen LogP contribution in [0.15, 0.2) is 46.9 Å². The summed E-state index contributed by atoms with van der Waals surface area (Å²) in [6.07, 6.45) is 0. The third-order valence-corrected chi connectivity index (χ3v) is 3.21. The van der Waals surface area contributed by atoms with Gasteiger partial charge in [0.25, 0.3) is 0 Å². The van der Waals surface area contributed by atoms with Crippen molar-refractivity contribution in [2.24, 2.45) is 0 Å². The smallest absolute Gasteiger partial charge is 0.123 e. The Morgan fingerprint density at radius 1 is 1.26 bits per heavy atom. The number of nitriles is 1. The molecule has 0 unspecified atom stereocenters. The van der Waals surface area contributed by atoms with E-state index in [0.717, 1.165) is 21.5 Å². The molecule has 0 radical (unpaired) electrons. The number of anilines is 1. The highest BCUT2D eigenvalue weighted by molar-refractivity contribution is 9.10. The van der Waals surface area contributed by atoms with Crippen LogP contribution in [0.3, 0.4) is 0 Å². The van der Waals surface area contributed by atoms with E-state index in [9.17, 15) is 0 Å². The van der Waals surface area contributed by atoms with Gasteiger partial charge >= 0.3 is 0 Å². The Morgan fingerprint density at radius 3 is 2.79 bits per heavy atom. The largest absolute Gasteiger partial charge is 0.496 e. The number of hydrogen-bond acceptors (Lipinski definition) is 3. The van der Waals surface area contributed by atoms with Gasteiger partial charge in [-0.15, -0.1) is 0 Å². The van der Waals surface area contributed by atoms with Gasteiger partial charge in [0, 0.05) is 22.3 Å². The van der Waals surface area contributed by atoms with Crippen molar-refractivity contribution in [2.75, 3.05) is 12.4 Å². The van der Waals surface area contributed by atoms with E-state index < -0.39 is 0 Å². The molecule has 0 bridgehead atoms. The van der Waals surface area contributed by atoms with Gasteiger partial charge in [0.15, 0.2) is 0 Å². The predicted molar refractivity (Wildman–Crippen MR) is 79.2 cm³/mol. The summed E-state index contributed by atoms with van der Waals surface area (Å²) >= 11 is 3.43. The normalized spacial score (nSPS) is 9.74. The van der Waals surface area contributed by atoms with Gasteiger partial charge in [-0.1, -0.05) is 22.0 Å². The third-order valence-electron chi connectivity index (χ3n) is 2.72. The van der Waals surface area contributed by atoms with Crippen molar-refractivity contribution < 1.29 is 4.74 Å². The number of rotatable bonds is 4. The maximum Gasteiger partial charge on any atom is 0.123 e. The molecule has 0 aliphatic carbocycles. The van der Waals surface area contributed by atoms with Crippen LogP contribution in [0.25, 0.3) is 0 Å². The lowest BCUT2D eigenvalue weighted by molar-refractivity contribution is 0.410. The fourth-order valence-electron chi connectivity index (χ4n) is 1.78. The summed E-state index contributed by atoms with van der Waals surface area (Å²) in [5, 5.41) is 12.2. The van der Waals surface area contributed by atoms with Crippen LogP contribution in [0.2, 0.25) is 0 Å². The van der Waals surface area contributed by atoms with Crippen molar-refractivity contribution in [3.63, 3.8) is 0 Å². The number of nitrogens with one attached hydrogen (secondary N) is 1. The fourth-order valence-corrected chi connectivity index (χ4v) is 2.18. The Labute approximate surface area is 121 Å². The molecule has 1 N–H and O–H groups in total. The molecule has 0 heterocycles. The fraction of sp³-hybridized carbons (Fsp3) is 0.133. The summed E-state index contributed by atoms with van der Waals surface area (Å²) in [6, 6.07) is 15.5. The van der Waals surface area contributed by atoms with Gasteiger partial charge in [-0.2, -0.15) is 5.26 Å². The molecular formula is C15H13BrN2O. The molecule has 0 spiro atoms. The SMILES string of the molecule is COc1ccc(C#N)cc1CNc1cccc(Br)c1. The maximum absolute atomic E-state index is 8.93. The van der Waals surface area contributed by atoms with E-state index >= 15 is 0 Å². The standard InChI is InChI=1S/C15H13BrN2O/c1-19-15-6-5-11(9-17)7-12(15)10-18-14-4-2-3-13(16)8-14/h2-8,18H,10H2,1H3. The maximum atomic E-state index is 8.93. The van der Waals surface area contributed by atoms with Crippen LogP contribution in [0.5, 0.6) is 5.75 Å². The highest BCUT2D eigenvalue weighted by Gasteiger charge is 2.04. The lowest BCUT2D eigenvalue weighted by Gasteiger charge is -2.11. The van der Waals surface area contributed by atoms with E-state index in [1.165, 1.54) is 0 Å². The molecule has 0 saturated heterocycles. The van der Waals surface area contributed by atoms with Crippen molar-refractivity contribution in [1.82, 2.24) is 0 Å². The first-order chi connectivity index (χ1) is 9.22. The molecule has 0 amide bonds. The average Bonchev–Trinajstić information content (AvgIpc) is 2.45.